The number of pyridine rings is 1. The van der Waals surface area contributed by atoms with Crippen LogP contribution in [0.5, 0.6) is 0 Å². The third-order valence-electron chi connectivity index (χ3n) is 6.77. The largest absolute Gasteiger partial charge is 0.368 e. The predicted octanol–water partition coefficient (Wildman–Crippen LogP) is 3.23. The van der Waals surface area contributed by atoms with Gasteiger partial charge in [0.25, 0.3) is 11.5 Å². The van der Waals surface area contributed by atoms with Gasteiger partial charge in [-0.3, -0.25) is 23.9 Å². The molecule has 0 radical (unpaired) electrons. The minimum atomic E-state index is -0.533. The second-order valence-corrected chi connectivity index (χ2v) is 9.52. The van der Waals surface area contributed by atoms with Crippen molar-refractivity contribution < 1.29 is 14.3 Å². The number of nitrogens with one attached hydrogen (secondary N) is 2. The van der Waals surface area contributed by atoms with Gasteiger partial charge in [-0.15, -0.1) is 0 Å². The molecule has 2 N–H and O–H groups in total. The second-order valence-electron chi connectivity index (χ2n) is 9.52. The molecule has 2 atom stereocenters. The van der Waals surface area contributed by atoms with Crippen LogP contribution in [-0.2, 0) is 9.53 Å². The van der Waals surface area contributed by atoms with Gasteiger partial charge < -0.3 is 15.4 Å². The Morgan fingerprint density at radius 1 is 1.12 bits per heavy atom. The molecule has 1 fully saturated rings. The average Bonchev–Trinajstić information content (AvgIpc) is 3.51. The molecular formula is C31H29N5O4. The maximum absolute atomic E-state index is 14.1. The van der Waals surface area contributed by atoms with Crippen molar-refractivity contribution in [3.8, 4) is 17.5 Å². The molecule has 2 aromatic carbocycles. The topological polar surface area (TPSA) is 115 Å². The fraction of sp³-hybridized carbons (Fsp3) is 0.258. The van der Waals surface area contributed by atoms with Crippen LogP contribution in [0.1, 0.15) is 53.2 Å². The van der Waals surface area contributed by atoms with E-state index in [0.717, 1.165) is 6.42 Å². The summed E-state index contributed by atoms with van der Waals surface area (Å²) in [5, 5.41) is 6.90. The van der Waals surface area contributed by atoms with E-state index in [1.54, 1.807) is 17.6 Å². The van der Waals surface area contributed by atoms with E-state index >= 15 is 0 Å². The lowest BCUT2D eigenvalue weighted by molar-refractivity contribution is -0.129. The van der Waals surface area contributed by atoms with E-state index in [-0.39, 0.29) is 29.6 Å². The summed E-state index contributed by atoms with van der Waals surface area (Å²) in [5.74, 6) is 5.47. The molecule has 0 spiro atoms. The summed E-state index contributed by atoms with van der Waals surface area (Å²) in [6, 6.07) is 16.1. The molecule has 1 aliphatic rings. The Labute approximate surface area is 231 Å². The Balaban J connectivity index is 1.51. The lowest BCUT2D eigenvalue weighted by Crippen LogP contribution is -2.34. The van der Waals surface area contributed by atoms with Crippen LogP contribution in [0.2, 0.25) is 0 Å². The molecule has 1 saturated heterocycles. The van der Waals surface area contributed by atoms with Gasteiger partial charge in [0.1, 0.15) is 11.8 Å². The van der Waals surface area contributed by atoms with Crippen molar-refractivity contribution in [2.45, 2.75) is 38.8 Å². The van der Waals surface area contributed by atoms with Crippen molar-refractivity contribution in [1.82, 2.24) is 25.2 Å². The van der Waals surface area contributed by atoms with Crippen LogP contribution < -0.4 is 16.2 Å². The maximum Gasteiger partial charge on any atom is 0.272 e. The number of carbonyl (C=O) groups is 2. The number of fused-ring (bicyclic) bond motifs is 1. The molecule has 0 aliphatic carbocycles. The summed E-state index contributed by atoms with van der Waals surface area (Å²) >= 11 is 0. The number of para-hydroxylation sites is 1. The number of hydrogen-bond acceptors (Lipinski definition) is 6. The predicted molar refractivity (Wildman–Crippen MR) is 151 cm³/mol. The number of aromatic nitrogens is 3. The first-order valence-electron chi connectivity index (χ1n) is 13.1. The summed E-state index contributed by atoms with van der Waals surface area (Å²) < 4.78 is 7.01. The van der Waals surface area contributed by atoms with E-state index < -0.39 is 12.1 Å². The Kier molecular flexibility index (Phi) is 7.99. The summed E-state index contributed by atoms with van der Waals surface area (Å²) in [6.07, 6.45) is 4.17. The highest BCUT2D eigenvalue weighted by Crippen LogP contribution is 2.23. The van der Waals surface area contributed by atoms with Gasteiger partial charge in [-0.25, -0.2) is 4.98 Å². The number of nitrogens with zero attached hydrogens (tertiary/aromatic N) is 3. The Morgan fingerprint density at radius 2 is 1.93 bits per heavy atom. The zero-order chi connectivity index (χ0) is 28.1. The number of amides is 2. The summed E-state index contributed by atoms with van der Waals surface area (Å²) in [4.78, 5) is 47.6. The number of aryl methyl sites for hydroxylation is 1. The van der Waals surface area contributed by atoms with Crippen molar-refractivity contribution in [1.29, 1.82) is 0 Å². The third-order valence-corrected chi connectivity index (χ3v) is 6.77. The number of benzene rings is 2. The highest BCUT2D eigenvalue weighted by molar-refractivity contribution is 5.93. The van der Waals surface area contributed by atoms with Crippen LogP contribution >= 0.6 is 0 Å². The normalized spacial score (nSPS) is 15.2. The van der Waals surface area contributed by atoms with Crippen molar-refractivity contribution in [2.24, 2.45) is 0 Å². The van der Waals surface area contributed by atoms with Gasteiger partial charge in [0.2, 0.25) is 5.91 Å². The number of rotatable bonds is 6. The van der Waals surface area contributed by atoms with Gasteiger partial charge >= 0.3 is 0 Å². The van der Waals surface area contributed by atoms with Gasteiger partial charge in [-0.1, -0.05) is 42.2 Å². The fourth-order valence-corrected chi connectivity index (χ4v) is 4.79. The zero-order valence-corrected chi connectivity index (χ0v) is 22.3. The van der Waals surface area contributed by atoms with Crippen molar-refractivity contribution in [3.63, 3.8) is 0 Å². The van der Waals surface area contributed by atoms with E-state index in [4.69, 9.17) is 4.74 Å². The van der Waals surface area contributed by atoms with Crippen LogP contribution in [0.15, 0.2) is 71.8 Å². The van der Waals surface area contributed by atoms with Crippen molar-refractivity contribution >= 4 is 22.6 Å². The van der Waals surface area contributed by atoms with E-state index in [2.05, 4.69) is 32.4 Å². The first kappa shape index (κ1) is 26.8. The molecule has 1 unspecified atom stereocenters. The molecule has 9 nitrogen and oxygen atoms in total. The lowest BCUT2D eigenvalue weighted by Gasteiger charge is -2.21. The van der Waals surface area contributed by atoms with Crippen LogP contribution in [0.3, 0.4) is 0 Å². The molecular weight excluding hydrogens is 506 g/mol. The quantitative estimate of drug-likeness (QED) is 0.367. The van der Waals surface area contributed by atoms with E-state index in [9.17, 15) is 14.4 Å². The summed E-state index contributed by atoms with van der Waals surface area (Å²) in [7, 11) is 0. The van der Waals surface area contributed by atoms with Gasteiger partial charge in [0.05, 0.1) is 23.7 Å². The molecule has 9 heteroatoms. The monoisotopic (exact) mass is 535 g/mol. The minimum Gasteiger partial charge on any atom is -0.368 e. The fourth-order valence-electron chi connectivity index (χ4n) is 4.79. The first-order chi connectivity index (χ1) is 19.4. The standard InChI is InChI=1S/C31H29N5O4/c1-20(35-30(38)28-21(2)32-16-17-33-28)25-19-23-10-6-9-22(11-7-15-34-29(37)26-14-8-18-40-26)27(23)31(39)36(25)24-12-4-3-5-13-24/h3-6,9-10,12-13,16-17,19-20,26H,8,14-15,18H2,1-2H3,(H,34,37)(H,35,38)/t20?,26-/m1/s1. The van der Waals surface area contributed by atoms with Crippen LogP contribution in [-0.4, -0.2) is 45.6 Å². The number of carbonyl (C=O) groups excluding carboxylic acids is 2. The highest BCUT2D eigenvalue weighted by atomic mass is 16.5. The third kappa shape index (κ3) is 5.63. The van der Waals surface area contributed by atoms with E-state index in [0.29, 0.717) is 46.4 Å². The zero-order valence-electron chi connectivity index (χ0n) is 22.3. The maximum atomic E-state index is 14.1. The molecule has 2 amide bonds. The molecule has 40 heavy (non-hydrogen) atoms. The SMILES string of the molecule is Cc1nccnc1C(=O)NC(C)c1cc2cccc(C#CCNC(=O)[C@H]3CCCO3)c2c(=O)n1-c1ccccc1. The Hall–Kier alpha value is -4.81. The molecule has 0 saturated carbocycles. The number of hydrogen-bond donors (Lipinski definition) is 2. The van der Waals surface area contributed by atoms with Crippen molar-refractivity contribution in [3.05, 3.63) is 100.0 Å². The van der Waals surface area contributed by atoms with Gasteiger partial charge in [-0.05, 0) is 56.3 Å². The molecule has 3 heterocycles. The first-order valence-corrected chi connectivity index (χ1v) is 13.1. The lowest BCUT2D eigenvalue weighted by atomic mass is 10.0. The molecule has 4 aromatic rings. The highest BCUT2D eigenvalue weighted by Gasteiger charge is 2.23. The molecule has 5 rings (SSSR count). The van der Waals surface area contributed by atoms with Crippen LogP contribution in [0.4, 0.5) is 0 Å². The Morgan fingerprint density at radius 3 is 2.67 bits per heavy atom. The molecule has 2 aromatic heterocycles. The summed E-state index contributed by atoms with van der Waals surface area (Å²) in [5.41, 5.74) is 2.30. The molecule has 0 bridgehead atoms. The van der Waals surface area contributed by atoms with Gasteiger partial charge in [0.15, 0.2) is 0 Å². The average molecular weight is 536 g/mol. The van der Waals surface area contributed by atoms with Gasteiger partial charge in [0, 0.05) is 35.9 Å². The second kappa shape index (κ2) is 11.9. The van der Waals surface area contributed by atoms with Crippen molar-refractivity contribution in [2.75, 3.05) is 13.2 Å². The van der Waals surface area contributed by atoms with E-state index in [1.807, 2.05) is 55.5 Å². The molecule has 202 valence electrons. The molecule has 1 aliphatic heterocycles. The smallest absolute Gasteiger partial charge is 0.272 e. The minimum absolute atomic E-state index is 0.144. The van der Waals surface area contributed by atoms with Crippen LogP contribution in [0.25, 0.3) is 16.5 Å². The summed E-state index contributed by atoms with van der Waals surface area (Å²) in [6.45, 7) is 4.28. The Bertz CT molecular complexity index is 1680. The van der Waals surface area contributed by atoms with Gasteiger partial charge in [-0.2, -0.15) is 0 Å². The van der Waals surface area contributed by atoms with Crippen LogP contribution in [0, 0.1) is 18.8 Å². The van der Waals surface area contributed by atoms with E-state index in [1.165, 1.54) is 12.4 Å². The number of ether oxygens (including phenoxy) is 1.